The number of benzene rings is 2. The average molecular weight is 457 g/mol. The Morgan fingerprint density at radius 1 is 1.09 bits per heavy atom. The maximum atomic E-state index is 9.37. The summed E-state index contributed by atoms with van der Waals surface area (Å²) < 4.78 is 5.62. The number of rotatable bonds is 6. The van der Waals surface area contributed by atoms with Crippen molar-refractivity contribution in [2.45, 2.75) is 31.6 Å². The summed E-state index contributed by atoms with van der Waals surface area (Å²) in [6.45, 7) is 2.53. The molecule has 1 saturated heterocycles. The molecule has 1 aliphatic carbocycles. The Hall–Kier alpha value is -3.30. The fourth-order valence-corrected chi connectivity index (χ4v) is 4.71. The lowest BCUT2D eigenvalue weighted by atomic mass is 9.88. The van der Waals surface area contributed by atoms with Crippen LogP contribution in [-0.4, -0.2) is 55.5 Å². The number of fused-ring (bicyclic) bond motifs is 1. The van der Waals surface area contributed by atoms with Gasteiger partial charge in [-0.15, -0.1) is 0 Å². The number of para-hydroxylation sites is 1. The monoisotopic (exact) mass is 456 g/mol. The predicted octanol–water partition coefficient (Wildman–Crippen LogP) is 4.21. The Morgan fingerprint density at radius 3 is 2.62 bits per heavy atom. The summed E-state index contributed by atoms with van der Waals surface area (Å²) in [5.74, 6) is 10.1. The van der Waals surface area contributed by atoms with Gasteiger partial charge in [0.1, 0.15) is 11.6 Å². The first-order valence-corrected chi connectivity index (χ1v) is 12.2. The fourth-order valence-electron chi connectivity index (χ4n) is 4.71. The number of nitrogens with zero attached hydrogens (tertiary/aromatic N) is 4. The number of piperidine rings is 1. The average Bonchev–Trinajstić information content (AvgIpc) is 3.71. The van der Waals surface area contributed by atoms with Crippen molar-refractivity contribution in [3.05, 3.63) is 53.9 Å². The van der Waals surface area contributed by atoms with Gasteiger partial charge in [-0.25, -0.2) is 9.97 Å². The standard InChI is InChI=1S/C28H32N4O2/c1-31(17-18-33)22-10-11-25-24(19-22)28(30-27(29-25)12-9-20-7-8-20)32-15-13-21(14-16-32)23-5-3-4-6-26(23)34-2/h3-6,10-11,19-21,33H,7-8,13-18H2,1-2H3. The van der Waals surface area contributed by atoms with E-state index in [4.69, 9.17) is 14.7 Å². The summed E-state index contributed by atoms with van der Waals surface area (Å²) in [4.78, 5) is 14.2. The highest BCUT2D eigenvalue weighted by Crippen LogP contribution is 2.37. The van der Waals surface area contributed by atoms with E-state index in [2.05, 4.69) is 52.0 Å². The van der Waals surface area contributed by atoms with Crippen molar-refractivity contribution in [1.82, 2.24) is 9.97 Å². The van der Waals surface area contributed by atoms with Gasteiger partial charge in [0.25, 0.3) is 0 Å². The molecule has 5 rings (SSSR count). The lowest BCUT2D eigenvalue weighted by Gasteiger charge is -2.34. The van der Waals surface area contributed by atoms with Gasteiger partial charge in [0.05, 0.1) is 19.2 Å². The Bertz CT molecular complexity index is 1220. The number of aromatic nitrogens is 2. The van der Waals surface area contributed by atoms with Crippen molar-refractivity contribution in [2.75, 3.05) is 50.2 Å². The van der Waals surface area contributed by atoms with Crippen LogP contribution in [0.1, 0.15) is 43.0 Å². The van der Waals surface area contributed by atoms with Crippen LogP contribution in [0.15, 0.2) is 42.5 Å². The van der Waals surface area contributed by atoms with Gasteiger partial charge < -0.3 is 19.6 Å². The first kappa shape index (κ1) is 22.5. The molecule has 0 radical (unpaired) electrons. The van der Waals surface area contributed by atoms with Gasteiger partial charge in [-0.3, -0.25) is 0 Å². The zero-order valence-electron chi connectivity index (χ0n) is 20.0. The van der Waals surface area contributed by atoms with E-state index in [1.165, 1.54) is 18.4 Å². The molecular formula is C28H32N4O2. The molecule has 1 aliphatic heterocycles. The van der Waals surface area contributed by atoms with E-state index in [1.807, 2.05) is 19.2 Å². The molecule has 6 heteroatoms. The highest BCUT2D eigenvalue weighted by Gasteiger charge is 2.25. The van der Waals surface area contributed by atoms with Crippen molar-refractivity contribution >= 4 is 22.4 Å². The number of likely N-dealkylation sites (N-methyl/N-ethyl adjacent to an activating group) is 1. The van der Waals surface area contributed by atoms with E-state index in [0.29, 0.717) is 24.2 Å². The molecule has 0 atom stereocenters. The molecule has 0 unspecified atom stereocenters. The van der Waals surface area contributed by atoms with Gasteiger partial charge in [0.15, 0.2) is 0 Å². The Kier molecular flexibility index (Phi) is 6.55. The van der Waals surface area contributed by atoms with Crippen molar-refractivity contribution in [3.8, 4) is 17.6 Å². The molecule has 2 fully saturated rings. The zero-order valence-corrected chi connectivity index (χ0v) is 20.0. The minimum atomic E-state index is 0.115. The van der Waals surface area contributed by atoms with Crippen LogP contribution in [0.5, 0.6) is 5.75 Å². The quantitative estimate of drug-likeness (QED) is 0.561. The van der Waals surface area contributed by atoms with Gasteiger partial charge in [-0.05, 0) is 67.4 Å². The van der Waals surface area contributed by atoms with Crippen molar-refractivity contribution in [2.24, 2.45) is 5.92 Å². The number of hydrogen-bond donors (Lipinski definition) is 1. The molecule has 0 spiro atoms. The van der Waals surface area contributed by atoms with Crippen LogP contribution in [0, 0.1) is 17.8 Å². The number of ether oxygens (including phenoxy) is 1. The highest BCUT2D eigenvalue weighted by molar-refractivity contribution is 5.92. The van der Waals surface area contributed by atoms with E-state index >= 15 is 0 Å². The minimum absolute atomic E-state index is 0.115. The van der Waals surface area contributed by atoms with Gasteiger partial charge in [-0.1, -0.05) is 24.1 Å². The molecule has 6 nitrogen and oxygen atoms in total. The van der Waals surface area contributed by atoms with E-state index in [1.54, 1.807) is 7.11 Å². The molecule has 3 aromatic rings. The van der Waals surface area contributed by atoms with Crippen molar-refractivity contribution in [3.63, 3.8) is 0 Å². The number of aliphatic hydroxyl groups is 1. The smallest absolute Gasteiger partial charge is 0.207 e. The highest BCUT2D eigenvalue weighted by atomic mass is 16.5. The summed E-state index contributed by atoms with van der Waals surface area (Å²) in [7, 11) is 3.74. The molecule has 34 heavy (non-hydrogen) atoms. The molecule has 2 aromatic carbocycles. The van der Waals surface area contributed by atoms with E-state index in [0.717, 1.165) is 54.1 Å². The number of anilines is 2. The normalized spacial score (nSPS) is 16.3. The molecule has 176 valence electrons. The van der Waals surface area contributed by atoms with E-state index in [9.17, 15) is 5.11 Å². The number of methoxy groups -OCH3 is 1. The lowest BCUT2D eigenvalue weighted by Crippen LogP contribution is -2.34. The zero-order chi connectivity index (χ0) is 23.5. The fraction of sp³-hybridized carbons (Fsp3) is 0.429. The molecular weight excluding hydrogens is 424 g/mol. The van der Waals surface area contributed by atoms with Crippen LogP contribution in [-0.2, 0) is 0 Å². The van der Waals surface area contributed by atoms with E-state index < -0.39 is 0 Å². The Balaban J connectivity index is 1.46. The van der Waals surface area contributed by atoms with Crippen LogP contribution in [0.3, 0.4) is 0 Å². The second-order valence-electron chi connectivity index (χ2n) is 9.26. The Morgan fingerprint density at radius 2 is 1.88 bits per heavy atom. The molecule has 1 aromatic heterocycles. The van der Waals surface area contributed by atoms with Crippen LogP contribution in [0.25, 0.3) is 10.9 Å². The topological polar surface area (TPSA) is 61.7 Å². The molecule has 1 saturated carbocycles. The summed E-state index contributed by atoms with van der Waals surface area (Å²) in [5.41, 5.74) is 3.26. The maximum Gasteiger partial charge on any atom is 0.207 e. The third kappa shape index (κ3) is 4.80. The number of hydrogen-bond acceptors (Lipinski definition) is 6. The largest absolute Gasteiger partial charge is 0.496 e. The first-order chi connectivity index (χ1) is 16.7. The third-order valence-corrected chi connectivity index (χ3v) is 6.87. The number of aliphatic hydroxyl groups excluding tert-OH is 1. The molecule has 2 heterocycles. The van der Waals surface area contributed by atoms with E-state index in [-0.39, 0.29) is 6.61 Å². The minimum Gasteiger partial charge on any atom is -0.496 e. The first-order valence-electron chi connectivity index (χ1n) is 12.2. The third-order valence-electron chi connectivity index (χ3n) is 6.87. The summed E-state index contributed by atoms with van der Waals surface area (Å²) >= 11 is 0. The summed E-state index contributed by atoms with van der Waals surface area (Å²) in [6, 6.07) is 14.6. The van der Waals surface area contributed by atoms with Crippen LogP contribution in [0.4, 0.5) is 11.5 Å². The van der Waals surface area contributed by atoms with Crippen LogP contribution < -0.4 is 14.5 Å². The second-order valence-corrected chi connectivity index (χ2v) is 9.26. The Labute approximate surface area is 201 Å². The predicted molar refractivity (Wildman–Crippen MR) is 137 cm³/mol. The van der Waals surface area contributed by atoms with Crippen molar-refractivity contribution < 1.29 is 9.84 Å². The molecule has 2 aliphatic rings. The SMILES string of the molecule is COc1ccccc1C1CCN(c2nc(C#CC3CC3)nc3ccc(N(C)CCO)cc23)CC1. The maximum absolute atomic E-state index is 9.37. The van der Waals surface area contributed by atoms with Gasteiger partial charge in [0.2, 0.25) is 5.82 Å². The van der Waals surface area contributed by atoms with Crippen LogP contribution in [0.2, 0.25) is 0 Å². The van der Waals surface area contributed by atoms with Crippen molar-refractivity contribution in [1.29, 1.82) is 0 Å². The van der Waals surface area contributed by atoms with Gasteiger partial charge in [-0.2, -0.15) is 0 Å². The summed E-state index contributed by atoms with van der Waals surface area (Å²) in [6.07, 6.45) is 4.45. The second kappa shape index (κ2) is 9.90. The molecule has 1 N–H and O–H groups in total. The molecule has 0 bridgehead atoms. The molecule has 0 amide bonds. The van der Waals surface area contributed by atoms with Gasteiger partial charge in [0, 0.05) is 43.7 Å². The summed E-state index contributed by atoms with van der Waals surface area (Å²) in [5, 5.41) is 10.4. The lowest BCUT2D eigenvalue weighted by molar-refractivity contribution is 0.304. The van der Waals surface area contributed by atoms with Gasteiger partial charge >= 0.3 is 0 Å². The van der Waals surface area contributed by atoms with Crippen LogP contribution >= 0.6 is 0 Å².